The molecule has 1 fully saturated rings. The van der Waals surface area contributed by atoms with Gasteiger partial charge in [-0.1, -0.05) is 42.7 Å². The summed E-state index contributed by atoms with van der Waals surface area (Å²) in [5.41, 5.74) is 2.23. The van der Waals surface area contributed by atoms with Crippen LogP contribution in [0.2, 0.25) is 0 Å². The van der Waals surface area contributed by atoms with Gasteiger partial charge < -0.3 is 10.4 Å². The highest BCUT2D eigenvalue weighted by Gasteiger charge is 2.23. The number of aliphatic hydroxyl groups excluding tert-OH is 1. The molecule has 1 aliphatic rings. The second-order valence-electron chi connectivity index (χ2n) is 5.41. The zero-order valence-corrected chi connectivity index (χ0v) is 10.8. The standard InChI is InChI=1S/C15H23NO/c1-11-3-7-14(8-4-11)15(17)10-16-12(2)9-13-5-6-13/h3-4,7-8,12-13,15-17H,5-6,9-10H2,1-2H3. The molecule has 2 atom stereocenters. The van der Waals surface area contributed by atoms with E-state index in [9.17, 15) is 5.11 Å². The van der Waals surface area contributed by atoms with E-state index in [4.69, 9.17) is 0 Å². The molecule has 94 valence electrons. The molecule has 1 aromatic rings. The maximum absolute atomic E-state index is 10.0. The zero-order chi connectivity index (χ0) is 12.3. The van der Waals surface area contributed by atoms with Gasteiger partial charge in [0.05, 0.1) is 6.10 Å². The molecule has 0 heterocycles. The Hall–Kier alpha value is -0.860. The number of nitrogens with one attached hydrogen (secondary N) is 1. The van der Waals surface area contributed by atoms with Gasteiger partial charge >= 0.3 is 0 Å². The molecule has 0 radical (unpaired) electrons. The third-order valence-electron chi connectivity index (χ3n) is 3.51. The molecule has 2 N–H and O–H groups in total. The molecule has 1 aromatic carbocycles. The van der Waals surface area contributed by atoms with Crippen molar-refractivity contribution >= 4 is 0 Å². The summed E-state index contributed by atoms with van der Waals surface area (Å²) in [5, 5.41) is 13.5. The summed E-state index contributed by atoms with van der Waals surface area (Å²) in [6.07, 6.45) is 3.65. The van der Waals surface area contributed by atoms with Crippen molar-refractivity contribution in [3.05, 3.63) is 35.4 Å². The number of aryl methyl sites for hydroxylation is 1. The van der Waals surface area contributed by atoms with Gasteiger partial charge in [0, 0.05) is 12.6 Å². The van der Waals surface area contributed by atoms with E-state index >= 15 is 0 Å². The van der Waals surface area contributed by atoms with E-state index in [0.717, 1.165) is 11.5 Å². The molecule has 2 heteroatoms. The Morgan fingerprint density at radius 3 is 2.53 bits per heavy atom. The highest BCUT2D eigenvalue weighted by molar-refractivity contribution is 5.23. The maximum Gasteiger partial charge on any atom is 0.0914 e. The second-order valence-corrected chi connectivity index (χ2v) is 5.41. The molecule has 0 aromatic heterocycles. The second kappa shape index (κ2) is 5.65. The Morgan fingerprint density at radius 2 is 1.94 bits per heavy atom. The van der Waals surface area contributed by atoms with Crippen LogP contribution in [0.4, 0.5) is 0 Å². The molecular formula is C15H23NO. The largest absolute Gasteiger partial charge is 0.387 e. The van der Waals surface area contributed by atoms with Crippen molar-refractivity contribution in [2.75, 3.05) is 6.54 Å². The Bertz CT molecular complexity index is 342. The first kappa shape index (κ1) is 12.6. The Kier molecular flexibility index (Phi) is 4.19. The van der Waals surface area contributed by atoms with Crippen molar-refractivity contribution in [2.24, 2.45) is 5.92 Å². The summed E-state index contributed by atoms with van der Waals surface area (Å²) in [4.78, 5) is 0. The lowest BCUT2D eigenvalue weighted by Crippen LogP contribution is -2.30. The SMILES string of the molecule is Cc1ccc(C(O)CNC(C)CC2CC2)cc1. The van der Waals surface area contributed by atoms with Crippen molar-refractivity contribution in [2.45, 2.75) is 45.3 Å². The molecule has 0 spiro atoms. The van der Waals surface area contributed by atoms with E-state index in [-0.39, 0.29) is 0 Å². The smallest absolute Gasteiger partial charge is 0.0914 e. The topological polar surface area (TPSA) is 32.3 Å². The van der Waals surface area contributed by atoms with E-state index in [1.807, 2.05) is 24.3 Å². The van der Waals surface area contributed by atoms with E-state index in [1.54, 1.807) is 0 Å². The predicted molar refractivity (Wildman–Crippen MR) is 70.9 cm³/mol. The van der Waals surface area contributed by atoms with Gasteiger partial charge in [-0.15, -0.1) is 0 Å². The molecular weight excluding hydrogens is 210 g/mol. The molecule has 0 amide bonds. The molecule has 2 unspecified atom stereocenters. The van der Waals surface area contributed by atoms with Gasteiger partial charge in [0.15, 0.2) is 0 Å². The first-order valence-electron chi connectivity index (χ1n) is 6.63. The first-order valence-corrected chi connectivity index (χ1v) is 6.63. The average Bonchev–Trinajstić information content (AvgIpc) is 3.11. The van der Waals surface area contributed by atoms with Gasteiger partial charge in [-0.25, -0.2) is 0 Å². The molecule has 0 bridgehead atoms. The van der Waals surface area contributed by atoms with E-state index in [2.05, 4.69) is 19.2 Å². The molecule has 1 aliphatic carbocycles. The number of aliphatic hydroxyl groups is 1. The Morgan fingerprint density at radius 1 is 1.29 bits per heavy atom. The number of rotatable bonds is 6. The average molecular weight is 233 g/mol. The van der Waals surface area contributed by atoms with Gasteiger partial charge in [0.2, 0.25) is 0 Å². The fraction of sp³-hybridized carbons (Fsp3) is 0.600. The number of benzene rings is 1. The summed E-state index contributed by atoms with van der Waals surface area (Å²) < 4.78 is 0. The van der Waals surface area contributed by atoms with Crippen molar-refractivity contribution in [1.82, 2.24) is 5.32 Å². The highest BCUT2D eigenvalue weighted by Crippen LogP contribution is 2.33. The Balaban J connectivity index is 1.75. The first-order chi connectivity index (χ1) is 8.15. The fourth-order valence-electron chi connectivity index (χ4n) is 2.16. The fourth-order valence-corrected chi connectivity index (χ4v) is 2.16. The van der Waals surface area contributed by atoms with Crippen LogP contribution in [-0.2, 0) is 0 Å². The van der Waals surface area contributed by atoms with Crippen LogP contribution in [0.3, 0.4) is 0 Å². The van der Waals surface area contributed by atoms with Crippen LogP contribution in [0.25, 0.3) is 0 Å². The van der Waals surface area contributed by atoms with E-state index in [0.29, 0.717) is 12.6 Å². The van der Waals surface area contributed by atoms with Crippen molar-refractivity contribution in [3.63, 3.8) is 0 Å². The molecule has 0 aliphatic heterocycles. The summed E-state index contributed by atoms with van der Waals surface area (Å²) in [5.74, 6) is 0.939. The summed E-state index contributed by atoms with van der Waals surface area (Å²) >= 11 is 0. The number of hydrogen-bond donors (Lipinski definition) is 2. The van der Waals surface area contributed by atoms with Crippen LogP contribution in [-0.4, -0.2) is 17.7 Å². The van der Waals surface area contributed by atoms with E-state index in [1.165, 1.54) is 24.8 Å². The van der Waals surface area contributed by atoms with Crippen LogP contribution < -0.4 is 5.32 Å². The third kappa shape index (κ3) is 4.14. The summed E-state index contributed by atoms with van der Waals surface area (Å²) in [6.45, 7) is 4.92. The van der Waals surface area contributed by atoms with Gasteiger partial charge in [-0.3, -0.25) is 0 Å². The molecule has 0 saturated heterocycles. The zero-order valence-electron chi connectivity index (χ0n) is 10.8. The third-order valence-corrected chi connectivity index (χ3v) is 3.51. The van der Waals surface area contributed by atoms with Gasteiger partial charge in [-0.05, 0) is 31.7 Å². The lowest BCUT2D eigenvalue weighted by atomic mass is 10.1. The maximum atomic E-state index is 10.0. The van der Waals surface area contributed by atoms with Crippen molar-refractivity contribution < 1.29 is 5.11 Å². The van der Waals surface area contributed by atoms with E-state index < -0.39 is 6.10 Å². The lowest BCUT2D eigenvalue weighted by molar-refractivity contribution is 0.169. The molecule has 2 nitrogen and oxygen atoms in total. The summed E-state index contributed by atoms with van der Waals surface area (Å²) in [6, 6.07) is 8.63. The predicted octanol–water partition coefficient (Wildman–Crippen LogP) is 2.81. The minimum Gasteiger partial charge on any atom is -0.387 e. The van der Waals surface area contributed by atoms with Gasteiger partial charge in [-0.2, -0.15) is 0 Å². The lowest BCUT2D eigenvalue weighted by Gasteiger charge is -2.17. The minimum atomic E-state index is -0.391. The van der Waals surface area contributed by atoms with Crippen LogP contribution in [0, 0.1) is 12.8 Å². The Labute approximate surface area is 104 Å². The monoisotopic (exact) mass is 233 g/mol. The molecule has 2 rings (SSSR count). The minimum absolute atomic E-state index is 0.391. The van der Waals surface area contributed by atoms with Crippen molar-refractivity contribution in [3.8, 4) is 0 Å². The van der Waals surface area contributed by atoms with Crippen molar-refractivity contribution in [1.29, 1.82) is 0 Å². The molecule has 1 saturated carbocycles. The molecule has 17 heavy (non-hydrogen) atoms. The van der Waals surface area contributed by atoms with Crippen LogP contribution in [0.15, 0.2) is 24.3 Å². The number of hydrogen-bond acceptors (Lipinski definition) is 2. The normalized spacial score (nSPS) is 19.0. The van der Waals surface area contributed by atoms with Gasteiger partial charge in [0.25, 0.3) is 0 Å². The van der Waals surface area contributed by atoms with Crippen LogP contribution >= 0.6 is 0 Å². The highest BCUT2D eigenvalue weighted by atomic mass is 16.3. The van der Waals surface area contributed by atoms with Crippen LogP contribution in [0.1, 0.15) is 43.4 Å². The van der Waals surface area contributed by atoms with Crippen LogP contribution in [0.5, 0.6) is 0 Å². The van der Waals surface area contributed by atoms with Gasteiger partial charge in [0.1, 0.15) is 0 Å². The summed E-state index contributed by atoms with van der Waals surface area (Å²) in [7, 11) is 0. The quantitative estimate of drug-likeness (QED) is 0.792.